The van der Waals surface area contributed by atoms with Gasteiger partial charge >= 0.3 is 0 Å². The van der Waals surface area contributed by atoms with Gasteiger partial charge in [-0.3, -0.25) is 4.68 Å². The molecule has 0 amide bonds. The highest BCUT2D eigenvalue weighted by Gasteiger charge is 2.27. The molecule has 0 saturated carbocycles. The van der Waals surface area contributed by atoms with Crippen LogP contribution in [0.15, 0.2) is 15.1 Å². The fraction of sp³-hybridized carbons (Fsp3) is 0.562. The van der Waals surface area contributed by atoms with Gasteiger partial charge in [0.2, 0.25) is 0 Å². The van der Waals surface area contributed by atoms with Crippen molar-refractivity contribution >= 4 is 15.9 Å². The summed E-state index contributed by atoms with van der Waals surface area (Å²) in [6.45, 7) is 12.3. The first-order valence-electron chi connectivity index (χ1n) is 7.52. The van der Waals surface area contributed by atoms with Crippen LogP contribution >= 0.6 is 15.9 Å². The molecule has 1 unspecified atom stereocenters. The zero-order chi connectivity index (χ0) is 15.6. The third-order valence-electron chi connectivity index (χ3n) is 3.91. The smallest absolute Gasteiger partial charge is 0.106 e. The van der Waals surface area contributed by atoms with Gasteiger partial charge in [0.15, 0.2) is 0 Å². The molecule has 2 rings (SSSR count). The third kappa shape index (κ3) is 3.09. The minimum atomic E-state index is 0.0965. The largest absolute Gasteiger partial charge is 0.466 e. The normalized spacial score (nSPS) is 12.9. The molecule has 1 atom stereocenters. The summed E-state index contributed by atoms with van der Waals surface area (Å²) < 4.78 is 8.91. The molecule has 0 aromatic carbocycles. The zero-order valence-electron chi connectivity index (χ0n) is 13.5. The summed E-state index contributed by atoms with van der Waals surface area (Å²) in [6.07, 6.45) is 2.96. The van der Waals surface area contributed by atoms with E-state index in [4.69, 9.17) is 4.42 Å². The van der Waals surface area contributed by atoms with E-state index in [1.165, 1.54) is 11.1 Å². The van der Waals surface area contributed by atoms with E-state index in [1.807, 2.05) is 24.7 Å². The molecule has 0 saturated heterocycles. The second kappa shape index (κ2) is 6.79. The van der Waals surface area contributed by atoms with Gasteiger partial charge in [-0.05, 0) is 62.2 Å². The zero-order valence-corrected chi connectivity index (χ0v) is 15.0. The maximum absolute atomic E-state index is 5.83. The van der Waals surface area contributed by atoms with Crippen LogP contribution in [0.4, 0.5) is 0 Å². The Bertz CT molecular complexity index is 615. The molecule has 2 aromatic heterocycles. The molecule has 0 spiro atoms. The first-order chi connectivity index (χ1) is 10.0. The molecule has 0 aliphatic heterocycles. The van der Waals surface area contributed by atoms with Gasteiger partial charge in [-0.1, -0.05) is 6.92 Å². The molecule has 0 radical (unpaired) electrons. The fourth-order valence-electron chi connectivity index (χ4n) is 2.77. The topological polar surface area (TPSA) is 43.0 Å². The molecular weight excluding hydrogens is 330 g/mol. The van der Waals surface area contributed by atoms with E-state index < -0.39 is 0 Å². The van der Waals surface area contributed by atoms with Gasteiger partial charge in [0.25, 0.3) is 0 Å². The second-order valence-corrected chi connectivity index (χ2v) is 6.19. The molecule has 2 aromatic rings. The standard InChI is InChI=1S/C16H24BrN3O/c1-6-8-18-15(14-10(3)11(4)21-12(14)5)16-13(17)9-19-20(16)7-2/h9,15,18H,6-8H2,1-5H3. The maximum atomic E-state index is 5.83. The highest BCUT2D eigenvalue weighted by atomic mass is 79.9. The summed E-state index contributed by atoms with van der Waals surface area (Å²) in [4.78, 5) is 0. The average molecular weight is 354 g/mol. The Morgan fingerprint density at radius 3 is 2.52 bits per heavy atom. The summed E-state index contributed by atoms with van der Waals surface area (Å²) in [5.41, 5.74) is 3.62. The van der Waals surface area contributed by atoms with Gasteiger partial charge in [-0.25, -0.2) is 0 Å². The fourth-order valence-corrected chi connectivity index (χ4v) is 3.29. The number of aryl methyl sites for hydroxylation is 3. The lowest BCUT2D eigenvalue weighted by atomic mass is 9.99. The molecule has 0 aliphatic carbocycles. The number of rotatable bonds is 6. The quantitative estimate of drug-likeness (QED) is 0.842. The molecule has 0 aliphatic rings. The minimum absolute atomic E-state index is 0.0965. The Hall–Kier alpha value is -1.07. The molecule has 4 nitrogen and oxygen atoms in total. The number of nitrogens with one attached hydrogen (secondary N) is 1. The van der Waals surface area contributed by atoms with Crippen molar-refractivity contribution < 1.29 is 4.42 Å². The van der Waals surface area contributed by atoms with Crippen molar-refractivity contribution in [1.82, 2.24) is 15.1 Å². The summed E-state index contributed by atoms with van der Waals surface area (Å²) in [5, 5.41) is 8.10. The van der Waals surface area contributed by atoms with Crippen LogP contribution in [0.2, 0.25) is 0 Å². The first-order valence-corrected chi connectivity index (χ1v) is 8.31. The molecule has 1 N–H and O–H groups in total. The molecule has 2 heterocycles. The molecule has 21 heavy (non-hydrogen) atoms. The first kappa shape index (κ1) is 16.3. The van der Waals surface area contributed by atoms with Crippen molar-refractivity contribution in [3.63, 3.8) is 0 Å². The predicted molar refractivity (Wildman–Crippen MR) is 88.7 cm³/mol. The maximum Gasteiger partial charge on any atom is 0.106 e. The lowest BCUT2D eigenvalue weighted by Gasteiger charge is -2.21. The van der Waals surface area contributed by atoms with Gasteiger partial charge in [-0.15, -0.1) is 0 Å². The van der Waals surface area contributed by atoms with Crippen LogP contribution in [0.1, 0.15) is 54.7 Å². The van der Waals surface area contributed by atoms with Crippen LogP contribution in [-0.4, -0.2) is 16.3 Å². The molecule has 0 bridgehead atoms. The number of nitrogens with zero attached hydrogens (tertiary/aromatic N) is 2. The van der Waals surface area contributed by atoms with E-state index in [2.05, 4.69) is 47.1 Å². The molecule has 116 valence electrons. The highest BCUT2D eigenvalue weighted by molar-refractivity contribution is 9.10. The second-order valence-electron chi connectivity index (χ2n) is 5.33. The van der Waals surface area contributed by atoms with E-state index in [-0.39, 0.29) is 6.04 Å². The molecule has 0 fully saturated rings. The Kier molecular flexibility index (Phi) is 5.27. The monoisotopic (exact) mass is 353 g/mol. The van der Waals surface area contributed by atoms with Crippen LogP contribution in [0.3, 0.4) is 0 Å². The Balaban J connectivity index is 2.55. The molecule has 5 heteroatoms. The van der Waals surface area contributed by atoms with Gasteiger partial charge in [0.1, 0.15) is 11.5 Å². The molecular formula is C16H24BrN3O. The Morgan fingerprint density at radius 1 is 1.29 bits per heavy atom. The predicted octanol–water partition coefficient (Wildman–Crippen LogP) is 4.27. The van der Waals surface area contributed by atoms with E-state index in [1.54, 1.807) is 0 Å². The number of hydrogen-bond donors (Lipinski definition) is 1. The van der Waals surface area contributed by atoms with E-state index in [0.717, 1.165) is 41.2 Å². The summed E-state index contributed by atoms with van der Waals surface area (Å²) >= 11 is 3.65. The number of hydrogen-bond acceptors (Lipinski definition) is 3. The third-order valence-corrected chi connectivity index (χ3v) is 4.52. The van der Waals surface area contributed by atoms with Crippen LogP contribution in [0, 0.1) is 20.8 Å². The van der Waals surface area contributed by atoms with Gasteiger partial charge in [-0.2, -0.15) is 5.10 Å². The van der Waals surface area contributed by atoms with E-state index >= 15 is 0 Å². The Morgan fingerprint density at radius 2 is 2.00 bits per heavy atom. The van der Waals surface area contributed by atoms with Gasteiger partial charge < -0.3 is 9.73 Å². The van der Waals surface area contributed by atoms with Crippen molar-refractivity contribution in [2.24, 2.45) is 0 Å². The van der Waals surface area contributed by atoms with Crippen molar-refractivity contribution in [2.75, 3.05) is 6.54 Å². The summed E-state index contributed by atoms with van der Waals surface area (Å²) in [7, 11) is 0. The van der Waals surface area contributed by atoms with Crippen LogP contribution in [0.25, 0.3) is 0 Å². The van der Waals surface area contributed by atoms with E-state index in [0.29, 0.717) is 0 Å². The van der Waals surface area contributed by atoms with Crippen molar-refractivity contribution in [2.45, 2.75) is 53.6 Å². The number of aromatic nitrogens is 2. The van der Waals surface area contributed by atoms with Crippen LogP contribution in [-0.2, 0) is 6.54 Å². The van der Waals surface area contributed by atoms with Crippen LogP contribution < -0.4 is 5.32 Å². The van der Waals surface area contributed by atoms with Gasteiger partial charge in [0, 0.05) is 12.1 Å². The summed E-state index contributed by atoms with van der Waals surface area (Å²) in [5.74, 6) is 1.97. The van der Waals surface area contributed by atoms with Crippen molar-refractivity contribution in [3.05, 3.63) is 39.0 Å². The lowest BCUT2D eigenvalue weighted by molar-refractivity contribution is 0.484. The van der Waals surface area contributed by atoms with Crippen LogP contribution in [0.5, 0.6) is 0 Å². The number of halogens is 1. The van der Waals surface area contributed by atoms with E-state index in [9.17, 15) is 0 Å². The lowest BCUT2D eigenvalue weighted by Crippen LogP contribution is -2.27. The highest BCUT2D eigenvalue weighted by Crippen LogP contribution is 2.34. The Labute approximate surface area is 135 Å². The van der Waals surface area contributed by atoms with Crippen molar-refractivity contribution in [3.8, 4) is 0 Å². The number of furan rings is 1. The summed E-state index contributed by atoms with van der Waals surface area (Å²) in [6, 6.07) is 0.0965. The minimum Gasteiger partial charge on any atom is -0.466 e. The SMILES string of the molecule is CCCNC(c1c(C)oc(C)c1C)c1c(Br)cnn1CC. The van der Waals surface area contributed by atoms with Gasteiger partial charge in [0.05, 0.1) is 22.4 Å². The average Bonchev–Trinajstić information content (AvgIpc) is 2.94. The van der Waals surface area contributed by atoms with Crippen molar-refractivity contribution in [1.29, 1.82) is 0 Å².